The van der Waals surface area contributed by atoms with Gasteiger partial charge in [-0.25, -0.2) is 0 Å². The predicted molar refractivity (Wildman–Crippen MR) is 81.6 cm³/mol. The van der Waals surface area contributed by atoms with E-state index in [0.29, 0.717) is 12.0 Å². The third kappa shape index (κ3) is 2.62. The molecule has 0 saturated carbocycles. The summed E-state index contributed by atoms with van der Waals surface area (Å²) in [4.78, 5) is 10.7. The van der Waals surface area contributed by atoms with E-state index in [1.54, 1.807) is 24.5 Å². The Balaban J connectivity index is 1.93. The molecule has 1 unspecified atom stereocenters. The number of alkyl halides is 1. The maximum absolute atomic E-state index is 11.0. The van der Waals surface area contributed by atoms with Gasteiger partial charge in [0, 0.05) is 22.6 Å². The molecule has 4 nitrogen and oxygen atoms in total. The van der Waals surface area contributed by atoms with Crippen molar-refractivity contribution in [2.75, 3.05) is 0 Å². The maximum Gasteiger partial charge on any atom is 0.272 e. The van der Waals surface area contributed by atoms with Crippen LogP contribution >= 0.6 is 11.6 Å². The van der Waals surface area contributed by atoms with Gasteiger partial charge in [-0.05, 0) is 12.5 Å². The standard InChI is InChI=1S/C16H12ClNO3/c17-14(9-11-5-1-3-7-15(11)18(19)20)13-10-21-16-8-4-2-6-12(13)16/h1-8,10,14H,9H2. The minimum Gasteiger partial charge on any atom is -0.464 e. The lowest BCUT2D eigenvalue weighted by Gasteiger charge is -2.08. The number of benzene rings is 2. The largest absolute Gasteiger partial charge is 0.464 e. The van der Waals surface area contributed by atoms with Gasteiger partial charge < -0.3 is 4.42 Å². The third-order valence-corrected chi connectivity index (χ3v) is 3.83. The molecule has 0 spiro atoms. The van der Waals surface area contributed by atoms with Crippen LogP contribution in [-0.4, -0.2) is 4.92 Å². The molecule has 0 bridgehead atoms. The van der Waals surface area contributed by atoms with Crippen LogP contribution in [0.2, 0.25) is 0 Å². The summed E-state index contributed by atoms with van der Waals surface area (Å²) in [7, 11) is 0. The van der Waals surface area contributed by atoms with E-state index < -0.39 is 0 Å². The third-order valence-electron chi connectivity index (χ3n) is 3.44. The monoisotopic (exact) mass is 301 g/mol. The Morgan fingerprint density at radius 1 is 1.14 bits per heavy atom. The Hall–Kier alpha value is -2.33. The van der Waals surface area contributed by atoms with Crippen molar-refractivity contribution in [3.8, 4) is 0 Å². The average Bonchev–Trinajstić information content (AvgIpc) is 2.91. The van der Waals surface area contributed by atoms with Crippen molar-refractivity contribution in [2.45, 2.75) is 11.8 Å². The van der Waals surface area contributed by atoms with Gasteiger partial charge in [-0.15, -0.1) is 11.6 Å². The van der Waals surface area contributed by atoms with Crippen LogP contribution < -0.4 is 0 Å². The van der Waals surface area contributed by atoms with Gasteiger partial charge in [-0.2, -0.15) is 0 Å². The van der Waals surface area contributed by atoms with Crippen LogP contribution in [0.15, 0.2) is 59.2 Å². The number of hydrogen-bond donors (Lipinski definition) is 0. The van der Waals surface area contributed by atoms with Crippen LogP contribution in [0, 0.1) is 10.1 Å². The first-order chi connectivity index (χ1) is 10.2. The fourth-order valence-electron chi connectivity index (χ4n) is 2.41. The first kappa shape index (κ1) is 13.6. The molecule has 0 amide bonds. The number of furan rings is 1. The van der Waals surface area contributed by atoms with Crippen LogP contribution in [-0.2, 0) is 6.42 Å². The molecule has 2 aromatic carbocycles. The SMILES string of the molecule is O=[N+]([O-])c1ccccc1CC(Cl)c1coc2ccccc12. The molecule has 0 radical (unpaired) electrons. The van der Waals surface area contributed by atoms with Crippen molar-refractivity contribution in [2.24, 2.45) is 0 Å². The van der Waals surface area contributed by atoms with Crippen molar-refractivity contribution < 1.29 is 9.34 Å². The summed E-state index contributed by atoms with van der Waals surface area (Å²) < 4.78 is 5.47. The van der Waals surface area contributed by atoms with E-state index >= 15 is 0 Å². The minimum absolute atomic E-state index is 0.0935. The number of para-hydroxylation sites is 2. The molecule has 1 atom stereocenters. The van der Waals surface area contributed by atoms with Gasteiger partial charge in [0.05, 0.1) is 16.6 Å². The molecular weight excluding hydrogens is 290 g/mol. The summed E-state index contributed by atoms with van der Waals surface area (Å²) in [6, 6.07) is 14.3. The lowest BCUT2D eigenvalue weighted by atomic mass is 10.0. The molecule has 106 valence electrons. The zero-order chi connectivity index (χ0) is 14.8. The minimum atomic E-state index is -0.383. The molecule has 0 aliphatic carbocycles. The fraction of sp³-hybridized carbons (Fsp3) is 0.125. The highest BCUT2D eigenvalue weighted by molar-refractivity contribution is 6.21. The van der Waals surface area contributed by atoms with Crippen LogP contribution in [0.25, 0.3) is 11.0 Å². The van der Waals surface area contributed by atoms with Gasteiger partial charge in [0.15, 0.2) is 0 Å². The topological polar surface area (TPSA) is 56.3 Å². The number of nitrogens with zero attached hydrogens (tertiary/aromatic N) is 1. The predicted octanol–water partition coefficient (Wildman–Crippen LogP) is 4.86. The summed E-state index contributed by atoms with van der Waals surface area (Å²) in [5, 5.41) is 11.6. The second-order valence-corrected chi connectivity index (χ2v) is 5.27. The number of nitro benzene ring substituents is 1. The quantitative estimate of drug-likeness (QED) is 0.392. The zero-order valence-electron chi connectivity index (χ0n) is 11.0. The molecule has 1 heterocycles. The van der Waals surface area contributed by atoms with E-state index in [1.807, 2.05) is 24.3 Å². The van der Waals surface area contributed by atoms with Crippen LogP contribution in [0.5, 0.6) is 0 Å². The number of halogens is 1. The molecule has 3 aromatic rings. The van der Waals surface area contributed by atoms with Crippen molar-refractivity contribution in [3.63, 3.8) is 0 Å². The van der Waals surface area contributed by atoms with Crippen LogP contribution in [0.4, 0.5) is 5.69 Å². The first-order valence-corrected chi connectivity index (χ1v) is 6.93. The van der Waals surface area contributed by atoms with E-state index in [-0.39, 0.29) is 16.0 Å². The van der Waals surface area contributed by atoms with E-state index in [1.165, 1.54) is 6.07 Å². The Morgan fingerprint density at radius 2 is 1.86 bits per heavy atom. The highest BCUT2D eigenvalue weighted by Crippen LogP contribution is 2.34. The first-order valence-electron chi connectivity index (χ1n) is 6.49. The molecule has 5 heteroatoms. The van der Waals surface area contributed by atoms with E-state index in [4.69, 9.17) is 16.0 Å². The van der Waals surface area contributed by atoms with Crippen molar-refractivity contribution in [1.82, 2.24) is 0 Å². The van der Waals surface area contributed by atoms with Crippen molar-refractivity contribution in [3.05, 3.63) is 76.0 Å². The Bertz CT molecular complexity index is 797. The van der Waals surface area contributed by atoms with Crippen molar-refractivity contribution >= 4 is 28.3 Å². The van der Waals surface area contributed by atoms with Crippen molar-refractivity contribution in [1.29, 1.82) is 0 Å². The highest BCUT2D eigenvalue weighted by Gasteiger charge is 2.20. The molecule has 0 fully saturated rings. The van der Waals surface area contributed by atoms with Crippen LogP contribution in [0.3, 0.4) is 0 Å². The lowest BCUT2D eigenvalue weighted by Crippen LogP contribution is -1.99. The summed E-state index contributed by atoms with van der Waals surface area (Å²) in [6.07, 6.45) is 2.00. The van der Waals surface area contributed by atoms with Gasteiger partial charge in [-0.1, -0.05) is 36.4 Å². The van der Waals surface area contributed by atoms with Crippen LogP contribution in [0.1, 0.15) is 16.5 Å². The summed E-state index contributed by atoms with van der Waals surface area (Å²) in [5.41, 5.74) is 2.33. The molecule has 0 aliphatic rings. The van der Waals surface area contributed by atoms with Gasteiger partial charge in [0.2, 0.25) is 0 Å². The summed E-state index contributed by atoms with van der Waals surface area (Å²) in [5.74, 6) is 0. The second-order valence-electron chi connectivity index (χ2n) is 4.74. The summed E-state index contributed by atoms with van der Waals surface area (Å²) in [6.45, 7) is 0. The Labute approximate surface area is 126 Å². The van der Waals surface area contributed by atoms with Gasteiger partial charge in [-0.3, -0.25) is 10.1 Å². The molecular formula is C16H12ClNO3. The van der Waals surface area contributed by atoms with E-state index in [9.17, 15) is 10.1 Å². The highest BCUT2D eigenvalue weighted by atomic mass is 35.5. The molecule has 3 rings (SSSR count). The number of fused-ring (bicyclic) bond motifs is 1. The lowest BCUT2D eigenvalue weighted by molar-refractivity contribution is -0.385. The molecule has 1 aromatic heterocycles. The maximum atomic E-state index is 11.0. The zero-order valence-corrected chi connectivity index (χ0v) is 11.8. The molecule has 21 heavy (non-hydrogen) atoms. The smallest absolute Gasteiger partial charge is 0.272 e. The Kier molecular flexibility index (Phi) is 3.62. The summed E-state index contributed by atoms with van der Waals surface area (Å²) >= 11 is 6.46. The van der Waals surface area contributed by atoms with Gasteiger partial charge in [0.25, 0.3) is 5.69 Å². The molecule has 0 aliphatic heterocycles. The van der Waals surface area contributed by atoms with Gasteiger partial charge >= 0.3 is 0 Å². The molecule has 0 N–H and O–H groups in total. The number of hydrogen-bond acceptors (Lipinski definition) is 3. The van der Waals surface area contributed by atoms with E-state index in [2.05, 4.69) is 0 Å². The van der Waals surface area contributed by atoms with E-state index in [0.717, 1.165) is 16.5 Å². The Morgan fingerprint density at radius 3 is 2.67 bits per heavy atom. The molecule has 0 saturated heterocycles. The fourth-order valence-corrected chi connectivity index (χ4v) is 2.74. The number of nitro groups is 1. The van der Waals surface area contributed by atoms with Gasteiger partial charge in [0.1, 0.15) is 5.58 Å². The number of rotatable bonds is 4. The normalized spacial score (nSPS) is 12.4. The second kappa shape index (κ2) is 5.58. The average molecular weight is 302 g/mol.